The number of likely N-dealkylation sites (N-methyl/N-ethyl adjacent to an activating group) is 1. The van der Waals surface area contributed by atoms with E-state index in [0.29, 0.717) is 32.2 Å². The minimum Gasteiger partial charge on any atom is -0.481 e. The molecule has 0 aromatic rings. The Morgan fingerprint density at radius 2 is 1.47 bits per heavy atom. The van der Waals surface area contributed by atoms with Gasteiger partial charge < -0.3 is 52.5 Å². The van der Waals surface area contributed by atoms with Crippen molar-refractivity contribution in [3.05, 3.63) is 0 Å². The summed E-state index contributed by atoms with van der Waals surface area (Å²) in [5, 5.41) is 36.8. The number of amides is 5. The highest BCUT2D eigenvalue weighted by atomic mass is 16.4. The fraction of sp³-hybridized carbons (Fsp3) is 0.739. The van der Waals surface area contributed by atoms with Gasteiger partial charge in [-0.2, -0.15) is 0 Å². The minimum absolute atomic E-state index is 0.0952. The van der Waals surface area contributed by atoms with Gasteiger partial charge in [0, 0.05) is 77.4 Å². The van der Waals surface area contributed by atoms with Gasteiger partial charge in [-0.05, 0) is 64.3 Å². The van der Waals surface area contributed by atoms with E-state index in [2.05, 4.69) is 16.0 Å². The molecule has 2 aliphatic rings. The second-order valence-corrected chi connectivity index (χ2v) is 18.6. The predicted molar refractivity (Wildman–Crippen MR) is 243 cm³/mol. The van der Waals surface area contributed by atoms with Gasteiger partial charge in [-0.15, -0.1) is 0 Å². The van der Waals surface area contributed by atoms with Crippen molar-refractivity contribution in [3.8, 4) is 0 Å². The van der Waals surface area contributed by atoms with Crippen molar-refractivity contribution in [1.29, 1.82) is 0 Å². The molecule has 382 valence electrons. The molecule has 22 heteroatoms. The van der Waals surface area contributed by atoms with Crippen LogP contribution >= 0.6 is 0 Å². The highest BCUT2D eigenvalue weighted by Gasteiger charge is 2.37. The van der Waals surface area contributed by atoms with Gasteiger partial charge in [0.1, 0.15) is 5.78 Å². The number of carbonyl (C=O) groups excluding carboxylic acids is 10. The molecule has 2 aliphatic heterocycles. The summed E-state index contributed by atoms with van der Waals surface area (Å²) >= 11 is 0. The number of nitrogens with two attached hydrogens (primary N) is 2. The van der Waals surface area contributed by atoms with Crippen molar-refractivity contribution in [2.75, 3.05) is 33.2 Å². The third-order valence-corrected chi connectivity index (χ3v) is 12.3. The molecule has 0 radical (unpaired) electrons. The topological polar surface area (TPSA) is 360 Å². The summed E-state index contributed by atoms with van der Waals surface area (Å²) in [6.45, 7) is 5.39. The van der Waals surface area contributed by atoms with Gasteiger partial charge in [0.15, 0.2) is 23.1 Å². The maximum absolute atomic E-state index is 13.6. The molecule has 22 nitrogen and oxygen atoms in total. The second kappa shape index (κ2) is 29.4. The Labute approximate surface area is 396 Å². The average Bonchev–Trinajstić information content (AvgIpc) is 3.94. The lowest BCUT2D eigenvalue weighted by Gasteiger charge is -2.26. The second-order valence-electron chi connectivity index (χ2n) is 18.6. The van der Waals surface area contributed by atoms with Crippen LogP contribution in [0.4, 0.5) is 0 Å². The molecule has 0 saturated carbocycles. The summed E-state index contributed by atoms with van der Waals surface area (Å²) in [4.78, 5) is 156. The molecular weight excluding hydrogens is 891 g/mol. The van der Waals surface area contributed by atoms with Crippen LogP contribution in [0.5, 0.6) is 0 Å². The third kappa shape index (κ3) is 20.8. The number of carboxylic acids is 2. The number of nitrogens with one attached hydrogen (secondary N) is 3. The van der Waals surface area contributed by atoms with Crippen LogP contribution in [-0.2, 0) is 57.5 Å². The zero-order chi connectivity index (χ0) is 51.2. The number of hydrogen-bond donors (Lipinski definition) is 8. The first-order chi connectivity index (χ1) is 31.9. The van der Waals surface area contributed by atoms with E-state index in [1.165, 1.54) is 18.9 Å². The fourth-order valence-electron chi connectivity index (χ4n) is 8.56. The zero-order valence-electron chi connectivity index (χ0n) is 39.8. The largest absolute Gasteiger partial charge is 0.481 e. The minimum atomic E-state index is -1.50. The first kappa shape index (κ1) is 58.6. The molecule has 68 heavy (non-hydrogen) atoms. The van der Waals surface area contributed by atoms with Crippen molar-refractivity contribution in [2.45, 2.75) is 160 Å². The zero-order valence-corrected chi connectivity index (χ0v) is 39.8. The van der Waals surface area contributed by atoms with Crippen molar-refractivity contribution in [3.63, 3.8) is 0 Å². The number of ketones is 5. The number of primary amides is 1. The van der Waals surface area contributed by atoms with E-state index in [-0.39, 0.29) is 101 Å². The number of likely N-dealkylation sites (tertiary alicyclic amines) is 1. The summed E-state index contributed by atoms with van der Waals surface area (Å²) in [7, 11) is 1.22. The van der Waals surface area contributed by atoms with Crippen molar-refractivity contribution in [1.82, 2.24) is 25.8 Å². The summed E-state index contributed by atoms with van der Waals surface area (Å²) in [5.41, 5.74) is 10.8. The average molecular weight is 964 g/mol. The molecule has 2 heterocycles. The highest BCUT2D eigenvalue weighted by Crippen LogP contribution is 2.25. The predicted octanol–water partition coefficient (Wildman–Crippen LogP) is -0.427. The highest BCUT2D eigenvalue weighted by molar-refractivity contribution is 5.97. The number of aliphatic hydroxyl groups is 1. The molecule has 0 aromatic carbocycles. The Balaban J connectivity index is 2.02. The number of β-amino-alcohol motifs (C(OH)–C–C–N with tert-alkyl or cyclic N) is 1. The summed E-state index contributed by atoms with van der Waals surface area (Å²) in [5.74, 6) is -12.0. The number of aliphatic hydroxyl groups excluding tert-OH is 1. The lowest BCUT2D eigenvalue weighted by atomic mass is 9.90. The standard InChI is InChI=1S/C46H73N7O15/c1-26(2)18-29(44(65)50-27(3)36(56)12-15-42(62)53-17-7-9-35(53)39(59)20-28(46(67)68)8-5-6-16-47)19-32(55)25-52(4)45(66)30(22-43(63)64)21-38(58)33(10-13-40(48)60)51-41(61)14-11-37(57)34-23-31(54)24-49-34/h26-31,33-35,49,54H,5-25,47H2,1-4H3,(H2,48,60)(H,50,65)(H,51,61)(H,63,64)(H,67,68)/t27-,28+,29+,30-,31+,33-,34-,35-/m0/s1. The first-order valence-corrected chi connectivity index (χ1v) is 23.5. The van der Waals surface area contributed by atoms with Gasteiger partial charge in [0.25, 0.3) is 0 Å². The van der Waals surface area contributed by atoms with Crippen molar-refractivity contribution >= 4 is 70.4 Å². The first-order valence-electron chi connectivity index (χ1n) is 23.5. The van der Waals surface area contributed by atoms with Crippen LogP contribution in [0.1, 0.15) is 130 Å². The van der Waals surface area contributed by atoms with Crippen LogP contribution in [0.3, 0.4) is 0 Å². The van der Waals surface area contributed by atoms with Crippen LogP contribution in [-0.4, -0.2) is 159 Å². The lowest BCUT2D eigenvalue weighted by Crippen LogP contribution is -2.45. The summed E-state index contributed by atoms with van der Waals surface area (Å²) < 4.78 is 0. The third-order valence-electron chi connectivity index (χ3n) is 12.3. The number of hydrogen-bond acceptors (Lipinski definition) is 15. The number of carbonyl (C=O) groups is 12. The Kier molecular flexibility index (Phi) is 25.4. The van der Waals surface area contributed by atoms with Gasteiger partial charge in [-0.25, -0.2) is 0 Å². The van der Waals surface area contributed by atoms with E-state index in [9.17, 15) is 72.9 Å². The number of rotatable bonds is 34. The molecule has 0 aliphatic carbocycles. The smallest absolute Gasteiger partial charge is 0.306 e. The Hall–Kier alpha value is -5.48. The fourth-order valence-corrected chi connectivity index (χ4v) is 8.56. The van der Waals surface area contributed by atoms with Crippen LogP contribution in [0.15, 0.2) is 0 Å². The SMILES string of the molecule is CC(C)C[C@H](CC(=O)CN(C)C(=O)[C@H](CC(=O)O)CC(=O)[C@H](CCC(N)=O)NC(=O)CCC(=O)[C@@H]1C[C@@H](O)CN1)C(=O)N[C@@H](C)C(=O)CCC(=O)N1CCC[C@H]1C(=O)C[C@@H](CCCCN)C(=O)O. The molecule has 5 amide bonds. The lowest BCUT2D eigenvalue weighted by molar-refractivity contribution is -0.146. The van der Waals surface area contributed by atoms with Gasteiger partial charge in [0.05, 0.1) is 55.1 Å². The number of unbranched alkanes of at least 4 members (excludes halogenated alkanes) is 1. The summed E-state index contributed by atoms with van der Waals surface area (Å²) in [6.07, 6.45) is -1.74. The van der Waals surface area contributed by atoms with Gasteiger partial charge in [-0.3, -0.25) is 57.5 Å². The van der Waals surface area contributed by atoms with Crippen molar-refractivity contribution in [2.24, 2.45) is 35.1 Å². The maximum atomic E-state index is 13.6. The van der Waals surface area contributed by atoms with E-state index < -0.39 is 126 Å². The Morgan fingerprint density at radius 3 is 2.06 bits per heavy atom. The quantitative estimate of drug-likeness (QED) is 0.0379. The molecule has 10 N–H and O–H groups in total. The number of Topliss-reactive ketones (excluding diaryl/α,β-unsaturated/α-hetero) is 5. The van der Waals surface area contributed by atoms with Crippen LogP contribution in [0.25, 0.3) is 0 Å². The van der Waals surface area contributed by atoms with Gasteiger partial charge in [-0.1, -0.05) is 20.3 Å². The van der Waals surface area contributed by atoms with Crippen LogP contribution in [0, 0.1) is 23.7 Å². The monoisotopic (exact) mass is 964 g/mol. The maximum Gasteiger partial charge on any atom is 0.306 e. The molecule has 0 aromatic heterocycles. The molecule has 0 spiro atoms. The van der Waals surface area contributed by atoms with E-state index in [1.807, 2.05) is 13.8 Å². The van der Waals surface area contributed by atoms with Crippen molar-refractivity contribution < 1.29 is 72.9 Å². The molecule has 8 atom stereocenters. The Bertz CT molecular complexity index is 1840. The number of nitrogens with zero attached hydrogens (tertiary/aromatic N) is 2. The normalized spacial score (nSPS) is 19.0. The van der Waals surface area contributed by atoms with Crippen LogP contribution < -0.4 is 27.4 Å². The molecule has 0 unspecified atom stereocenters. The Morgan fingerprint density at radius 1 is 0.779 bits per heavy atom. The summed E-state index contributed by atoms with van der Waals surface area (Å²) in [6, 6.07) is -3.86. The van der Waals surface area contributed by atoms with Gasteiger partial charge >= 0.3 is 11.9 Å². The van der Waals surface area contributed by atoms with E-state index in [4.69, 9.17) is 11.5 Å². The molecule has 2 rings (SSSR count). The van der Waals surface area contributed by atoms with E-state index >= 15 is 0 Å². The van der Waals surface area contributed by atoms with E-state index in [0.717, 1.165) is 4.90 Å². The number of carboxylic acid groups (broad SMARTS) is 2. The number of aliphatic carboxylic acids is 2. The van der Waals surface area contributed by atoms with Gasteiger partial charge in [0.2, 0.25) is 29.5 Å². The molecular formula is C46H73N7O15. The molecule has 2 saturated heterocycles. The molecule has 2 fully saturated rings. The van der Waals surface area contributed by atoms with Crippen LogP contribution in [0.2, 0.25) is 0 Å². The van der Waals surface area contributed by atoms with E-state index in [1.54, 1.807) is 0 Å². The molecule has 0 bridgehead atoms.